The van der Waals surface area contributed by atoms with Gasteiger partial charge in [0, 0.05) is 0 Å². The molecular weight excluding hydrogens is 288 g/mol. The maximum absolute atomic E-state index is 10.6. The molecule has 0 bridgehead atoms. The van der Waals surface area contributed by atoms with Gasteiger partial charge in [0.2, 0.25) is 0 Å². The summed E-state index contributed by atoms with van der Waals surface area (Å²) in [6.45, 7) is 7.44. The molecular formula is C17H17ClO3. The number of carbonyl (C=O) groups excluding carboxylic acids is 1. The minimum absolute atomic E-state index is 0.137. The van der Waals surface area contributed by atoms with Crippen molar-refractivity contribution >= 4 is 22.9 Å². The van der Waals surface area contributed by atoms with Crippen LogP contribution < -0.4 is 4.74 Å². The standard InChI is InChI=1S/C17H17ClO3/c1-13(4-6-14(2)20-3)5-7-15-8-10-16(11-9-15)21-12-17(18)19/h4-11H,1-2,12H2,3H3/b6-4-,7-5+. The van der Waals surface area contributed by atoms with Crippen LogP contribution in [0, 0.1) is 0 Å². The molecule has 3 nitrogen and oxygen atoms in total. The summed E-state index contributed by atoms with van der Waals surface area (Å²) in [5, 5.41) is -0.528. The van der Waals surface area contributed by atoms with E-state index in [4.69, 9.17) is 21.1 Å². The van der Waals surface area contributed by atoms with Gasteiger partial charge in [0.05, 0.1) is 7.11 Å². The third-order valence-corrected chi connectivity index (χ3v) is 2.58. The van der Waals surface area contributed by atoms with Crippen LogP contribution in [0.3, 0.4) is 0 Å². The van der Waals surface area contributed by atoms with Crippen molar-refractivity contribution in [2.75, 3.05) is 13.7 Å². The Morgan fingerprint density at radius 3 is 2.43 bits per heavy atom. The van der Waals surface area contributed by atoms with Crippen molar-refractivity contribution < 1.29 is 14.3 Å². The Balaban J connectivity index is 2.56. The number of ether oxygens (including phenoxy) is 2. The van der Waals surface area contributed by atoms with Crippen LogP contribution in [0.4, 0.5) is 0 Å². The predicted molar refractivity (Wildman–Crippen MR) is 86.3 cm³/mol. The van der Waals surface area contributed by atoms with Gasteiger partial charge in [-0.2, -0.15) is 0 Å². The van der Waals surface area contributed by atoms with Crippen LogP contribution in [-0.2, 0) is 9.53 Å². The lowest BCUT2D eigenvalue weighted by Crippen LogP contribution is -2.03. The molecule has 0 atom stereocenters. The Hall–Kier alpha value is -2.26. The van der Waals surface area contributed by atoms with Crippen LogP contribution in [-0.4, -0.2) is 19.0 Å². The topological polar surface area (TPSA) is 35.5 Å². The summed E-state index contributed by atoms with van der Waals surface area (Å²) in [7, 11) is 1.56. The molecule has 0 aliphatic carbocycles. The first-order chi connectivity index (χ1) is 10.0. The first-order valence-electron chi connectivity index (χ1n) is 6.20. The second kappa shape index (κ2) is 8.82. The fourth-order valence-electron chi connectivity index (χ4n) is 1.34. The van der Waals surface area contributed by atoms with Crippen molar-refractivity contribution in [3.05, 3.63) is 72.5 Å². The molecule has 110 valence electrons. The molecule has 0 unspecified atom stereocenters. The minimum atomic E-state index is -0.528. The van der Waals surface area contributed by atoms with Crippen molar-refractivity contribution in [3.63, 3.8) is 0 Å². The van der Waals surface area contributed by atoms with Gasteiger partial charge in [0.15, 0.2) is 6.61 Å². The van der Waals surface area contributed by atoms with Gasteiger partial charge in [0.25, 0.3) is 5.24 Å². The van der Waals surface area contributed by atoms with E-state index in [1.54, 1.807) is 25.3 Å². The van der Waals surface area contributed by atoms with Crippen LogP contribution >= 0.6 is 11.6 Å². The summed E-state index contributed by atoms with van der Waals surface area (Å²) in [5.41, 5.74) is 1.81. The highest BCUT2D eigenvalue weighted by atomic mass is 35.5. The number of methoxy groups -OCH3 is 1. The third-order valence-electron chi connectivity index (χ3n) is 2.47. The fourth-order valence-corrected chi connectivity index (χ4v) is 1.40. The summed E-state index contributed by atoms with van der Waals surface area (Å²) in [5.74, 6) is 1.16. The zero-order chi connectivity index (χ0) is 15.7. The number of carbonyl (C=O) groups is 1. The highest BCUT2D eigenvalue weighted by Gasteiger charge is 1.97. The van der Waals surface area contributed by atoms with Crippen molar-refractivity contribution in [1.29, 1.82) is 0 Å². The van der Waals surface area contributed by atoms with Crippen LogP contribution in [0.2, 0.25) is 0 Å². The molecule has 1 aromatic rings. The van der Waals surface area contributed by atoms with Gasteiger partial charge >= 0.3 is 0 Å². The van der Waals surface area contributed by atoms with Crippen molar-refractivity contribution in [1.82, 2.24) is 0 Å². The average molecular weight is 305 g/mol. The Labute approximate surface area is 129 Å². The highest BCUT2D eigenvalue weighted by Crippen LogP contribution is 2.14. The zero-order valence-electron chi connectivity index (χ0n) is 11.8. The summed E-state index contributed by atoms with van der Waals surface area (Å²) in [6.07, 6.45) is 7.34. The lowest BCUT2D eigenvalue weighted by Gasteiger charge is -2.02. The van der Waals surface area contributed by atoms with Crippen LogP contribution in [0.1, 0.15) is 5.56 Å². The Morgan fingerprint density at radius 1 is 1.19 bits per heavy atom. The van der Waals surface area contributed by atoms with Crippen molar-refractivity contribution in [3.8, 4) is 5.75 Å². The summed E-state index contributed by atoms with van der Waals surface area (Å²) < 4.78 is 10.1. The van der Waals surface area contributed by atoms with Gasteiger partial charge in [-0.3, -0.25) is 4.79 Å². The van der Waals surface area contributed by atoms with Gasteiger partial charge in [-0.1, -0.05) is 43.5 Å². The largest absolute Gasteiger partial charge is 0.497 e. The monoisotopic (exact) mass is 304 g/mol. The third kappa shape index (κ3) is 7.18. The molecule has 0 aromatic heterocycles. The van der Waals surface area contributed by atoms with E-state index < -0.39 is 5.24 Å². The molecule has 0 aliphatic heterocycles. The molecule has 1 aromatic carbocycles. The van der Waals surface area contributed by atoms with Crippen molar-refractivity contribution in [2.24, 2.45) is 0 Å². The van der Waals surface area contributed by atoms with E-state index in [-0.39, 0.29) is 6.61 Å². The zero-order valence-corrected chi connectivity index (χ0v) is 12.6. The molecule has 1 rings (SSSR count). The fraction of sp³-hybridized carbons (Fsp3) is 0.118. The molecule has 0 amide bonds. The average Bonchev–Trinajstić information content (AvgIpc) is 2.49. The molecule has 0 saturated carbocycles. The molecule has 0 N–H and O–H groups in total. The molecule has 4 heteroatoms. The number of benzene rings is 1. The molecule has 0 saturated heterocycles. The molecule has 0 spiro atoms. The van der Waals surface area contributed by atoms with Crippen LogP contribution in [0.5, 0.6) is 5.75 Å². The van der Waals surface area contributed by atoms with Gasteiger partial charge in [-0.15, -0.1) is 0 Å². The Morgan fingerprint density at radius 2 is 1.86 bits per heavy atom. The maximum Gasteiger partial charge on any atom is 0.259 e. The number of halogens is 1. The second-order valence-electron chi connectivity index (χ2n) is 4.12. The Bertz CT molecular complexity index is 568. The summed E-state index contributed by atoms with van der Waals surface area (Å²) in [4.78, 5) is 10.6. The lowest BCUT2D eigenvalue weighted by molar-refractivity contribution is -0.113. The predicted octanol–water partition coefficient (Wildman–Crippen LogP) is 4.12. The van der Waals surface area contributed by atoms with Crippen LogP contribution in [0.25, 0.3) is 6.08 Å². The first-order valence-corrected chi connectivity index (χ1v) is 6.58. The van der Waals surface area contributed by atoms with Gasteiger partial charge < -0.3 is 9.47 Å². The molecule has 0 aliphatic rings. The van der Waals surface area contributed by atoms with E-state index in [1.807, 2.05) is 30.4 Å². The minimum Gasteiger partial charge on any atom is -0.497 e. The normalized spacial score (nSPS) is 10.8. The first kappa shape index (κ1) is 16.8. The van der Waals surface area contributed by atoms with E-state index in [0.717, 1.165) is 11.1 Å². The van der Waals surface area contributed by atoms with Crippen molar-refractivity contribution in [2.45, 2.75) is 0 Å². The number of hydrogen-bond donors (Lipinski definition) is 0. The number of allylic oxidation sites excluding steroid dienone is 4. The molecule has 0 radical (unpaired) electrons. The SMILES string of the molecule is C=C(/C=C\C(=C)OC)/C=C/c1ccc(OCC(=O)Cl)cc1. The molecule has 21 heavy (non-hydrogen) atoms. The van der Waals surface area contributed by atoms with Gasteiger partial charge in [0.1, 0.15) is 11.5 Å². The smallest absolute Gasteiger partial charge is 0.259 e. The number of hydrogen-bond acceptors (Lipinski definition) is 3. The lowest BCUT2D eigenvalue weighted by atomic mass is 10.1. The number of rotatable bonds is 8. The van der Waals surface area contributed by atoms with Gasteiger partial charge in [-0.05, 0) is 40.9 Å². The highest BCUT2D eigenvalue weighted by molar-refractivity contribution is 6.63. The maximum atomic E-state index is 10.6. The van der Waals surface area contributed by atoms with Crippen LogP contribution in [0.15, 0.2) is 67.0 Å². The molecule has 0 heterocycles. The van der Waals surface area contributed by atoms with E-state index in [9.17, 15) is 4.79 Å². The van der Waals surface area contributed by atoms with E-state index in [1.165, 1.54) is 0 Å². The van der Waals surface area contributed by atoms with Gasteiger partial charge in [-0.25, -0.2) is 0 Å². The quantitative estimate of drug-likeness (QED) is 0.412. The van der Waals surface area contributed by atoms with E-state index in [0.29, 0.717) is 11.5 Å². The molecule has 0 fully saturated rings. The van der Waals surface area contributed by atoms with E-state index >= 15 is 0 Å². The Kier molecular flexibility index (Phi) is 7.05. The summed E-state index contributed by atoms with van der Waals surface area (Å²) >= 11 is 5.20. The summed E-state index contributed by atoms with van der Waals surface area (Å²) in [6, 6.07) is 7.28. The second-order valence-corrected chi connectivity index (χ2v) is 4.55. The van der Waals surface area contributed by atoms with E-state index in [2.05, 4.69) is 13.2 Å².